The molecule has 1 aliphatic carbocycles. The largest absolute Gasteiger partial charge is 0.385 e. The van der Waals surface area contributed by atoms with Gasteiger partial charge >= 0.3 is 0 Å². The van der Waals surface area contributed by atoms with Crippen molar-refractivity contribution in [1.82, 2.24) is 4.98 Å². The third-order valence-corrected chi connectivity index (χ3v) is 5.03. The second-order valence-corrected chi connectivity index (χ2v) is 6.83. The summed E-state index contributed by atoms with van der Waals surface area (Å²) in [4.78, 5) is 4.34. The minimum atomic E-state index is 0.845. The zero-order chi connectivity index (χ0) is 13.8. The molecule has 2 atom stereocenters. The van der Waals surface area contributed by atoms with Gasteiger partial charge in [-0.05, 0) is 48.9 Å². The number of nitrogens with one attached hydrogen (secondary N) is 1. The first-order chi connectivity index (χ1) is 9.81. The van der Waals surface area contributed by atoms with E-state index in [1.165, 1.54) is 36.9 Å². The number of hydrogen-bond acceptors (Lipinski definition) is 3. The van der Waals surface area contributed by atoms with Crippen LogP contribution in [0.1, 0.15) is 32.6 Å². The van der Waals surface area contributed by atoms with Crippen molar-refractivity contribution < 1.29 is 0 Å². The van der Waals surface area contributed by atoms with Gasteiger partial charge in [0.05, 0.1) is 0 Å². The monoisotopic (exact) mass is 286 g/mol. The number of anilines is 1. The van der Waals surface area contributed by atoms with E-state index in [1.54, 1.807) is 11.3 Å². The highest BCUT2D eigenvalue weighted by Crippen LogP contribution is 2.29. The summed E-state index contributed by atoms with van der Waals surface area (Å²) >= 11 is 1.69. The van der Waals surface area contributed by atoms with Crippen LogP contribution in [0.3, 0.4) is 0 Å². The number of aromatic nitrogens is 1. The molecule has 0 spiro atoms. The van der Waals surface area contributed by atoms with E-state index in [4.69, 9.17) is 0 Å². The van der Waals surface area contributed by atoms with Crippen LogP contribution >= 0.6 is 11.3 Å². The lowest BCUT2D eigenvalue weighted by molar-refractivity contribution is 0.293. The Bertz CT molecular complexity index is 518. The third-order valence-electron chi connectivity index (χ3n) is 4.20. The molecule has 1 N–H and O–H groups in total. The molecule has 106 valence electrons. The molecule has 1 saturated carbocycles. The fraction of sp³-hybridized carbons (Fsp3) is 0.471. The van der Waals surface area contributed by atoms with Crippen LogP contribution in [0.25, 0.3) is 10.6 Å². The number of thiazole rings is 1. The molecule has 20 heavy (non-hydrogen) atoms. The molecule has 0 bridgehead atoms. The lowest BCUT2D eigenvalue weighted by Gasteiger charge is -2.27. The number of rotatable bonds is 4. The molecule has 3 heteroatoms. The van der Waals surface area contributed by atoms with Crippen molar-refractivity contribution in [2.24, 2.45) is 11.8 Å². The van der Waals surface area contributed by atoms with Gasteiger partial charge in [0.15, 0.2) is 0 Å². The molecular formula is C17H22N2S. The summed E-state index contributed by atoms with van der Waals surface area (Å²) in [7, 11) is 0. The molecule has 3 rings (SSSR count). The van der Waals surface area contributed by atoms with Gasteiger partial charge in [-0.25, -0.2) is 4.98 Å². The number of hydrogen-bond donors (Lipinski definition) is 1. The Balaban J connectivity index is 1.56. The Hall–Kier alpha value is -1.35. The van der Waals surface area contributed by atoms with Gasteiger partial charge in [0, 0.05) is 29.4 Å². The van der Waals surface area contributed by atoms with Crippen molar-refractivity contribution in [2.45, 2.75) is 32.6 Å². The Morgan fingerprint density at radius 1 is 1.25 bits per heavy atom. The summed E-state index contributed by atoms with van der Waals surface area (Å²) in [5.41, 5.74) is 2.43. The Morgan fingerprint density at radius 3 is 2.80 bits per heavy atom. The third kappa shape index (κ3) is 3.40. The van der Waals surface area contributed by atoms with Crippen molar-refractivity contribution in [1.29, 1.82) is 0 Å². The molecule has 1 aromatic carbocycles. The highest BCUT2D eigenvalue weighted by atomic mass is 32.1. The fourth-order valence-electron chi connectivity index (χ4n) is 3.10. The van der Waals surface area contributed by atoms with E-state index in [9.17, 15) is 0 Å². The summed E-state index contributed by atoms with van der Waals surface area (Å²) in [6.45, 7) is 3.50. The van der Waals surface area contributed by atoms with E-state index in [2.05, 4.69) is 41.5 Å². The van der Waals surface area contributed by atoms with Crippen LogP contribution in [-0.2, 0) is 0 Å². The molecule has 0 aliphatic heterocycles. The lowest BCUT2D eigenvalue weighted by atomic mass is 9.82. The van der Waals surface area contributed by atoms with Crippen molar-refractivity contribution in [2.75, 3.05) is 11.9 Å². The summed E-state index contributed by atoms with van der Waals surface area (Å²) in [6, 6.07) is 8.65. The van der Waals surface area contributed by atoms with Gasteiger partial charge in [0.25, 0.3) is 0 Å². The minimum Gasteiger partial charge on any atom is -0.385 e. The van der Waals surface area contributed by atoms with Crippen LogP contribution in [0, 0.1) is 11.8 Å². The van der Waals surface area contributed by atoms with Crippen LogP contribution < -0.4 is 5.32 Å². The molecule has 0 saturated heterocycles. The maximum atomic E-state index is 4.34. The van der Waals surface area contributed by atoms with Gasteiger partial charge < -0.3 is 5.32 Å². The number of benzene rings is 1. The molecule has 0 amide bonds. The zero-order valence-electron chi connectivity index (χ0n) is 12.0. The molecule has 2 aromatic rings. The average Bonchev–Trinajstić information content (AvgIpc) is 3.00. The molecule has 1 aliphatic rings. The van der Waals surface area contributed by atoms with Crippen LogP contribution in [-0.4, -0.2) is 11.5 Å². The predicted octanol–water partition coefficient (Wildman–Crippen LogP) is 5.05. The van der Waals surface area contributed by atoms with Crippen LogP contribution in [0.15, 0.2) is 35.8 Å². The van der Waals surface area contributed by atoms with Crippen molar-refractivity contribution in [3.05, 3.63) is 35.8 Å². The molecule has 0 radical (unpaired) electrons. The standard InChI is InChI=1S/C17H22N2S/c1-13-3-2-4-14(11-13)12-19-16-7-5-15(6-8-16)17-18-9-10-20-17/h5-10,13-14,19H,2-4,11-12H2,1H3. The fourth-order valence-corrected chi connectivity index (χ4v) is 3.75. The highest BCUT2D eigenvalue weighted by molar-refractivity contribution is 7.13. The van der Waals surface area contributed by atoms with Crippen molar-refractivity contribution in [3.8, 4) is 10.6 Å². The number of nitrogens with zero attached hydrogens (tertiary/aromatic N) is 1. The van der Waals surface area contributed by atoms with Crippen LogP contribution in [0.5, 0.6) is 0 Å². The minimum absolute atomic E-state index is 0.845. The van der Waals surface area contributed by atoms with Gasteiger partial charge in [-0.15, -0.1) is 11.3 Å². The summed E-state index contributed by atoms with van der Waals surface area (Å²) < 4.78 is 0. The Morgan fingerprint density at radius 2 is 2.10 bits per heavy atom. The molecule has 2 unspecified atom stereocenters. The molecular weight excluding hydrogens is 264 g/mol. The summed E-state index contributed by atoms with van der Waals surface area (Å²) in [5, 5.41) is 6.71. The lowest BCUT2D eigenvalue weighted by Crippen LogP contribution is -2.20. The molecule has 1 aromatic heterocycles. The first-order valence-corrected chi connectivity index (χ1v) is 8.43. The van der Waals surface area contributed by atoms with Crippen LogP contribution in [0.2, 0.25) is 0 Å². The molecule has 1 fully saturated rings. The van der Waals surface area contributed by atoms with E-state index in [0.717, 1.165) is 23.4 Å². The SMILES string of the molecule is CC1CCCC(CNc2ccc(-c3nccs3)cc2)C1. The second-order valence-electron chi connectivity index (χ2n) is 5.93. The van der Waals surface area contributed by atoms with Crippen LogP contribution in [0.4, 0.5) is 5.69 Å². The van der Waals surface area contributed by atoms with E-state index in [-0.39, 0.29) is 0 Å². The summed E-state index contributed by atoms with van der Waals surface area (Å²) in [6.07, 6.45) is 7.44. The van der Waals surface area contributed by atoms with Gasteiger partial charge in [-0.3, -0.25) is 0 Å². The predicted molar refractivity (Wildman–Crippen MR) is 87.2 cm³/mol. The maximum absolute atomic E-state index is 4.34. The van der Waals surface area contributed by atoms with Gasteiger partial charge in [0.1, 0.15) is 5.01 Å². The van der Waals surface area contributed by atoms with Gasteiger partial charge in [-0.1, -0.05) is 19.8 Å². The first-order valence-electron chi connectivity index (χ1n) is 7.55. The summed E-state index contributed by atoms with van der Waals surface area (Å²) in [5.74, 6) is 1.75. The average molecular weight is 286 g/mol. The van der Waals surface area contributed by atoms with Crippen molar-refractivity contribution >= 4 is 17.0 Å². The van der Waals surface area contributed by atoms with E-state index in [1.807, 2.05) is 11.6 Å². The van der Waals surface area contributed by atoms with E-state index in [0.29, 0.717) is 0 Å². The topological polar surface area (TPSA) is 24.9 Å². The maximum Gasteiger partial charge on any atom is 0.123 e. The normalized spacial score (nSPS) is 22.6. The quantitative estimate of drug-likeness (QED) is 0.851. The van der Waals surface area contributed by atoms with Gasteiger partial charge in [-0.2, -0.15) is 0 Å². The Kier molecular flexibility index (Phi) is 4.36. The second kappa shape index (κ2) is 6.40. The van der Waals surface area contributed by atoms with Gasteiger partial charge in [0.2, 0.25) is 0 Å². The first kappa shape index (κ1) is 13.6. The smallest absolute Gasteiger partial charge is 0.123 e. The molecule has 2 nitrogen and oxygen atoms in total. The highest BCUT2D eigenvalue weighted by Gasteiger charge is 2.18. The van der Waals surface area contributed by atoms with E-state index < -0.39 is 0 Å². The van der Waals surface area contributed by atoms with E-state index >= 15 is 0 Å². The van der Waals surface area contributed by atoms with Crippen molar-refractivity contribution in [3.63, 3.8) is 0 Å². The molecule has 1 heterocycles. The Labute approximate surface area is 125 Å². The zero-order valence-corrected chi connectivity index (χ0v) is 12.8.